The molecule has 0 radical (unpaired) electrons. The first-order valence-corrected chi connectivity index (χ1v) is 11.9. The van der Waals surface area contributed by atoms with Crippen LogP contribution in [0, 0.1) is 6.92 Å². The van der Waals surface area contributed by atoms with Gasteiger partial charge in [-0.25, -0.2) is 4.98 Å². The molecule has 0 saturated heterocycles. The van der Waals surface area contributed by atoms with Crippen molar-refractivity contribution in [3.8, 4) is 11.5 Å². The van der Waals surface area contributed by atoms with Crippen LogP contribution in [0.2, 0.25) is 0 Å². The van der Waals surface area contributed by atoms with Gasteiger partial charge in [-0.1, -0.05) is 6.07 Å². The van der Waals surface area contributed by atoms with Gasteiger partial charge in [-0.3, -0.25) is 19.1 Å². The molecule has 0 aliphatic carbocycles. The third-order valence-electron chi connectivity index (χ3n) is 5.86. The molecule has 182 valence electrons. The average molecular weight is 494 g/mol. The summed E-state index contributed by atoms with van der Waals surface area (Å²) in [5.41, 5.74) is 2.65. The van der Waals surface area contributed by atoms with E-state index in [1.54, 1.807) is 61.3 Å². The Balaban J connectivity index is 1.79. The number of fused-ring (bicyclic) bond motifs is 1. The second kappa shape index (κ2) is 10.7. The van der Waals surface area contributed by atoms with Gasteiger partial charge in [0.05, 0.1) is 39.3 Å². The van der Waals surface area contributed by atoms with Gasteiger partial charge in [0.15, 0.2) is 5.13 Å². The highest BCUT2D eigenvalue weighted by atomic mass is 32.1. The molecular weight excluding hydrogens is 466 g/mol. The van der Waals surface area contributed by atoms with Gasteiger partial charge in [0.1, 0.15) is 11.5 Å². The van der Waals surface area contributed by atoms with Crippen molar-refractivity contribution in [3.63, 3.8) is 0 Å². The summed E-state index contributed by atoms with van der Waals surface area (Å²) < 4.78 is 17.6. The predicted octanol–water partition coefficient (Wildman–Crippen LogP) is 4.33. The van der Waals surface area contributed by atoms with Gasteiger partial charge < -0.3 is 14.2 Å². The van der Waals surface area contributed by atoms with Crippen LogP contribution < -0.4 is 14.4 Å². The molecule has 0 spiro atoms. The van der Waals surface area contributed by atoms with Crippen LogP contribution in [0.4, 0.5) is 5.13 Å². The van der Waals surface area contributed by atoms with Crippen LogP contribution in [0.15, 0.2) is 54.0 Å². The van der Waals surface area contributed by atoms with Gasteiger partial charge in [-0.05, 0) is 48.9 Å². The van der Waals surface area contributed by atoms with Crippen molar-refractivity contribution in [2.24, 2.45) is 0 Å². The molecule has 0 unspecified atom stereocenters. The first-order valence-electron chi connectivity index (χ1n) is 11.0. The molecule has 0 aliphatic heterocycles. The smallest absolute Gasteiger partial charge is 0.262 e. The Hall–Kier alpha value is -3.69. The van der Waals surface area contributed by atoms with E-state index in [4.69, 9.17) is 14.2 Å². The van der Waals surface area contributed by atoms with Gasteiger partial charge in [0.25, 0.3) is 5.91 Å². The Labute approximate surface area is 207 Å². The summed E-state index contributed by atoms with van der Waals surface area (Å²) in [4.78, 5) is 33.1. The zero-order valence-corrected chi connectivity index (χ0v) is 20.9. The first kappa shape index (κ1) is 24.4. The quantitative estimate of drug-likeness (QED) is 0.345. The SMILES string of the molecule is COCCN(C(=O)Cc1c(C)n(C(=O)c2cccc(OC)c2)c2ccc(OC)cc12)c1nccs1. The molecule has 35 heavy (non-hydrogen) atoms. The summed E-state index contributed by atoms with van der Waals surface area (Å²) in [5, 5.41) is 3.23. The van der Waals surface area contributed by atoms with Crippen molar-refractivity contribution in [1.82, 2.24) is 9.55 Å². The van der Waals surface area contributed by atoms with Crippen molar-refractivity contribution in [3.05, 3.63) is 70.9 Å². The summed E-state index contributed by atoms with van der Waals surface area (Å²) in [6.45, 7) is 2.62. The molecular formula is C26H27N3O5S. The highest BCUT2D eigenvalue weighted by molar-refractivity contribution is 7.13. The average Bonchev–Trinajstić information content (AvgIpc) is 3.50. The van der Waals surface area contributed by atoms with Crippen LogP contribution in [-0.2, 0) is 16.0 Å². The Morgan fingerprint density at radius 3 is 2.51 bits per heavy atom. The largest absolute Gasteiger partial charge is 0.497 e. The fourth-order valence-corrected chi connectivity index (χ4v) is 4.75. The number of aromatic nitrogens is 2. The van der Waals surface area contributed by atoms with Crippen molar-refractivity contribution >= 4 is 39.2 Å². The molecule has 0 N–H and O–H groups in total. The Morgan fingerprint density at radius 2 is 1.83 bits per heavy atom. The lowest BCUT2D eigenvalue weighted by atomic mass is 10.1. The van der Waals surface area contributed by atoms with E-state index in [0.29, 0.717) is 46.6 Å². The van der Waals surface area contributed by atoms with E-state index in [9.17, 15) is 9.59 Å². The van der Waals surface area contributed by atoms with Crippen LogP contribution in [-0.4, -0.2) is 55.8 Å². The molecule has 0 bridgehead atoms. The number of anilines is 1. The van der Waals surface area contributed by atoms with Crippen molar-refractivity contribution < 1.29 is 23.8 Å². The highest BCUT2D eigenvalue weighted by Crippen LogP contribution is 2.32. The summed E-state index contributed by atoms with van der Waals surface area (Å²) in [5.74, 6) is 0.912. The fraction of sp³-hybridized carbons (Fsp3) is 0.269. The molecule has 2 heterocycles. The van der Waals surface area contributed by atoms with E-state index >= 15 is 0 Å². The number of methoxy groups -OCH3 is 3. The minimum absolute atomic E-state index is 0.0944. The standard InChI is InChI=1S/C26H27N3O5S/c1-17-21(16-24(30)28(11-12-32-2)26-27-10-13-35-26)22-15-20(34-4)8-9-23(22)29(17)25(31)18-6-5-7-19(14-18)33-3/h5-10,13-15H,11-12,16H2,1-4H3. The molecule has 0 atom stereocenters. The fourth-order valence-electron chi connectivity index (χ4n) is 4.06. The molecule has 9 heteroatoms. The molecule has 2 aromatic heterocycles. The Kier molecular flexibility index (Phi) is 7.48. The number of amides is 1. The van der Waals surface area contributed by atoms with Gasteiger partial charge in [-0.15, -0.1) is 11.3 Å². The van der Waals surface area contributed by atoms with E-state index < -0.39 is 0 Å². The summed E-state index contributed by atoms with van der Waals surface area (Å²) in [6, 6.07) is 12.5. The maximum Gasteiger partial charge on any atom is 0.262 e. The number of thiazole rings is 1. The first-order chi connectivity index (χ1) is 17.0. The lowest BCUT2D eigenvalue weighted by Crippen LogP contribution is -2.35. The molecule has 0 fully saturated rings. The second-order valence-electron chi connectivity index (χ2n) is 7.85. The number of hydrogen-bond donors (Lipinski definition) is 0. The number of hydrogen-bond acceptors (Lipinski definition) is 7. The van der Waals surface area contributed by atoms with Crippen LogP contribution in [0.25, 0.3) is 10.9 Å². The number of rotatable bonds is 9. The van der Waals surface area contributed by atoms with Crippen molar-refractivity contribution in [1.29, 1.82) is 0 Å². The van der Waals surface area contributed by atoms with Crippen molar-refractivity contribution in [2.45, 2.75) is 13.3 Å². The van der Waals surface area contributed by atoms with Crippen LogP contribution in [0.1, 0.15) is 21.6 Å². The summed E-state index contributed by atoms with van der Waals surface area (Å²) in [6.07, 6.45) is 1.76. The minimum Gasteiger partial charge on any atom is -0.497 e. The zero-order chi connectivity index (χ0) is 24.9. The van der Waals surface area contributed by atoms with E-state index in [2.05, 4.69) is 4.98 Å². The molecule has 0 aliphatic rings. The molecule has 4 aromatic rings. The monoisotopic (exact) mass is 493 g/mol. The normalized spacial score (nSPS) is 11.0. The lowest BCUT2D eigenvalue weighted by Gasteiger charge is -2.19. The predicted molar refractivity (Wildman–Crippen MR) is 136 cm³/mol. The maximum atomic E-state index is 13.6. The number of benzene rings is 2. The van der Waals surface area contributed by atoms with Gasteiger partial charge in [-0.2, -0.15) is 0 Å². The van der Waals surface area contributed by atoms with E-state index in [-0.39, 0.29) is 18.2 Å². The number of ether oxygens (including phenoxy) is 3. The third kappa shape index (κ3) is 4.91. The molecule has 4 rings (SSSR count). The van der Waals surface area contributed by atoms with Crippen LogP contribution in [0.3, 0.4) is 0 Å². The third-order valence-corrected chi connectivity index (χ3v) is 6.65. The highest BCUT2D eigenvalue weighted by Gasteiger charge is 2.25. The number of nitrogens with zero attached hydrogens (tertiary/aromatic N) is 3. The van der Waals surface area contributed by atoms with E-state index in [1.807, 2.05) is 30.5 Å². The maximum absolute atomic E-state index is 13.6. The van der Waals surface area contributed by atoms with Crippen molar-refractivity contribution in [2.75, 3.05) is 39.4 Å². The number of carbonyl (C=O) groups excluding carboxylic acids is 2. The molecule has 8 nitrogen and oxygen atoms in total. The second-order valence-corrected chi connectivity index (χ2v) is 8.72. The minimum atomic E-state index is -0.202. The van der Waals surface area contributed by atoms with Crippen LogP contribution >= 0.6 is 11.3 Å². The van der Waals surface area contributed by atoms with Gasteiger partial charge in [0.2, 0.25) is 5.91 Å². The Bertz CT molecular complexity index is 1350. The molecule has 0 saturated carbocycles. The van der Waals surface area contributed by atoms with E-state index in [0.717, 1.165) is 10.9 Å². The summed E-state index contributed by atoms with van der Waals surface area (Å²) in [7, 11) is 4.75. The zero-order valence-electron chi connectivity index (χ0n) is 20.1. The number of carbonyl (C=O) groups is 2. The van der Waals surface area contributed by atoms with Gasteiger partial charge >= 0.3 is 0 Å². The van der Waals surface area contributed by atoms with Gasteiger partial charge in [0, 0.05) is 35.3 Å². The van der Waals surface area contributed by atoms with E-state index in [1.165, 1.54) is 11.3 Å². The lowest BCUT2D eigenvalue weighted by molar-refractivity contribution is -0.118. The molecule has 2 aromatic carbocycles. The van der Waals surface area contributed by atoms with Crippen LogP contribution in [0.5, 0.6) is 11.5 Å². The summed E-state index contributed by atoms with van der Waals surface area (Å²) >= 11 is 1.39. The Morgan fingerprint density at radius 1 is 1.06 bits per heavy atom. The molecule has 1 amide bonds. The topological polar surface area (TPSA) is 82.9 Å².